The first-order valence-corrected chi connectivity index (χ1v) is 3.49. The maximum Gasteiger partial charge on any atom is 0.315 e. The molecule has 0 spiro atoms. The van der Waals surface area contributed by atoms with E-state index in [1.807, 2.05) is 0 Å². The third kappa shape index (κ3) is 3.29. The summed E-state index contributed by atoms with van der Waals surface area (Å²) in [5, 5.41) is 6.67. The van der Waals surface area contributed by atoms with Gasteiger partial charge in [-0.2, -0.15) is 8.78 Å². The van der Waals surface area contributed by atoms with Crippen LogP contribution in [-0.4, -0.2) is 37.0 Å². The van der Waals surface area contributed by atoms with Crippen molar-refractivity contribution in [3.63, 3.8) is 0 Å². The van der Waals surface area contributed by atoms with Crippen LogP contribution in [0.15, 0.2) is 11.8 Å². The molecule has 0 heterocycles. The number of hydrogen-bond donors (Lipinski definition) is 2. The number of allylic oxidation sites excluding steroid dienone is 1. The molecule has 0 radical (unpaired) electrons. The number of nitrogens with one attached hydrogen (secondary N) is 1. The van der Waals surface area contributed by atoms with Gasteiger partial charge in [-0.15, -0.1) is 0 Å². The molecule has 74 valence electrons. The number of carbonyl (C=O) groups excluding carboxylic acids is 1. The largest absolute Gasteiger partial charge is 0.324 e. The Morgan fingerprint density at radius 3 is 2.54 bits per heavy atom. The first-order chi connectivity index (χ1) is 6.04. The fourth-order valence-electron chi connectivity index (χ4n) is 0.696. The summed E-state index contributed by atoms with van der Waals surface area (Å²) in [6, 6.07) is 0. The Hall–Kier alpha value is -1.30. The molecule has 0 aliphatic heterocycles. The van der Waals surface area contributed by atoms with Gasteiger partial charge in [0.15, 0.2) is 5.78 Å². The van der Waals surface area contributed by atoms with Crippen molar-refractivity contribution in [1.29, 1.82) is 5.41 Å². The number of Topliss-reactive ketones (excluding diaryl/α,β-unsaturated/α-hetero) is 1. The Morgan fingerprint density at radius 2 is 2.23 bits per heavy atom. The molecule has 0 amide bonds. The average molecular weight is 191 g/mol. The lowest BCUT2D eigenvalue weighted by atomic mass is 10.2. The van der Waals surface area contributed by atoms with Crippen LogP contribution in [0.3, 0.4) is 0 Å². The van der Waals surface area contributed by atoms with E-state index in [0.29, 0.717) is 4.90 Å². The van der Waals surface area contributed by atoms with E-state index < -0.39 is 12.3 Å². The molecule has 0 aromatic heterocycles. The Morgan fingerprint density at radius 1 is 1.69 bits per heavy atom. The molecular formula is C7H11F2N3O. The number of alkyl halides is 2. The summed E-state index contributed by atoms with van der Waals surface area (Å²) in [6.45, 7) is -3.13. The molecule has 0 saturated heterocycles. The molecule has 3 N–H and O–H groups in total. The number of nitrogens with two attached hydrogens (primary N) is 1. The van der Waals surface area contributed by atoms with E-state index >= 15 is 0 Å². The number of hydrogen-bond acceptors (Lipinski definition) is 4. The number of halogens is 2. The van der Waals surface area contributed by atoms with Crippen LogP contribution >= 0.6 is 0 Å². The lowest BCUT2D eigenvalue weighted by molar-refractivity contribution is -0.117. The second kappa shape index (κ2) is 5.36. The van der Waals surface area contributed by atoms with Crippen molar-refractivity contribution in [3.05, 3.63) is 11.8 Å². The topological polar surface area (TPSA) is 70.2 Å². The van der Waals surface area contributed by atoms with Crippen molar-refractivity contribution < 1.29 is 13.6 Å². The number of likely N-dealkylation sites (N-methyl/N-ethyl adjacent to an activating group) is 1. The van der Waals surface area contributed by atoms with Crippen LogP contribution in [0.25, 0.3) is 0 Å². The molecule has 0 bridgehead atoms. The van der Waals surface area contributed by atoms with E-state index in [9.17, 15) is 13.6 Å². The van der Waals surface area contributed by atoms with E-state index in [2.05, 4.69) is 0 Å². The van der Waals surface area contributed by atoms with Crippen LogP contribution < -0.4 is 5.73 Å². The van der Waals surface area contributed by atoms with Gasteiger partial charge in [0.05, 0.1) is 12.2 Å². The Kier molecular flexibility index (Phi) is 4.83. The zero-order valence-electron chi connectivity index (χ0n) is 7.13. The van der Waals surface area contributed by atoms with Gasteiger partial charge in [0, 0.05) is 13.3 Å². The maximum atomic E-state index is 12.1. The minimum Gasteiger partial charge on any atom is -0.324 e. The van der Waals surface area contributed by atoms with Crippen molar-refractivity contribution in [2.24, 2.45) is 5.73 Å². The standard InChI is InChI=1S/C7H11F2N3O/c1-12(7(8)9)5(2-3-10)6(13)4-11/h2-3,7,10H,4,11H2,1H3/b5-2-,10-3?. The molecule has 0 aromatic rings. The van der Waals surface area contributed by atoms with Crippen LogP contribution in [-0.2, 0) is 4.79 Å². The number of carbonyl (C=O) groups is 1. The van der Waals surface area contributed by atoms with Gasteiger partial charge in [-0.25, -0.2) is 0 Å². The van der Waals surface area contributed by atoms with Crippen molar-refractivity contribution in [3.8, 4) is 0 Å². The van der Waals surface area contributed by atoms with Gasteiger partial charge in [-0.3, -0.25) is 4.79 Å². The Bertz CT molecular complexity index is 228. The molecule has 13 heavy (non-hydrogen) atoms. The lowest BCUT2D eigenvalue weighted by Crippen LogP contribution is -2.31. The molecule has 6 heteroatoms. The van der Waals surface area contributed by atoms with Crippen LogP contribution in [0.5, 0.6) is 0 Å². The highest BCUT2D eigenvalue weighted by atomic mass is 19.3. The quantitative estimate of drug-likeness (QED) is 0.370. The maximum absolute atomic E-state index is 12.1. The molecule has 0 atom stereocenters. The molecule has 0 aliphatic rings. The van der Waals surface area contributed by atoms with Crippen molar-refractivity contribution in [2.45, 2.75) is 6.55 Å². The van der Waals surface area contributed by atoms with E-state index in [1.54, 1.807) is 0 Å². The van der Waals surface area contributed by atoms with Gasteiger partial charge in [0.2, 0.25) is 0 Å². The van der Waals surface area contributed by atoms with E-state index in [4.69, 9.17) is 11.1 Å². The number of nitrogens with zero attached hydrogens (tertiary/aromatic N) is 1. The summed E-state index contributed by atoms with van der Waals surface area (Å²) in [5.74, 6) is -0.619. The highest BCUT2D eigenvalue weighted by Crippen LogP contribution is 2.09. The summed E-state index contributed by atoms with van der Waals surface area (Å²) in [4.78, 5) is 11.4. The van der Waals surface area contributed by atoms with Crippen LogP contribution in [0.4, 0.5) is 8.78 Å². The number of ketones is 1. The summed E-state index contributed by atoms with van der Waals surface area (Å²) >= 11 is 0. The molecular weight excluding hydrogens is 180 g/mol. The van der Waals surface area contributed by atoms with Crippen LogP contribution in [0.2, 0.25) is 0 Å². The van der Waals surface area contributed by atoms with Gasteiger partial charge in [0.25, 0.3) is 0 Å². The summed E-state index contributed by atoms with van der Waals surface area (Å²) in [6.07, 6.45) is 1.75. The highest BCUT2D eigenvalue weighted by molar-refractivity contribution is 5.99. The first kappa shape index (κ1) is 11.7. The minimum atomic E-state index is -2.78. The van der Waals surface area contributed by atoms with Crippen LogP contribution in [0.1, 0.15) is 0 Å². The fourth-order valence-corrected chi connectivity index (χ4v) is 0.696. The first-order valence-electron chi connectivity index (χ1n) is 3.49. The summed E-state index contributed by atoms with van der Waals surface area (Å²) in [7, 11) is 1.06. The Labute approximate surface area is 74.5 Å². The van der Waals surface area contributed by atoms with Crippen molar-refractivity contribution >= 4 is 12.0 Å². The van der Waals surface area contributed by atoms with Gasteiger partial charge in [-0.1, -0.05) is 0 Å². The molecule has 0 aliphatic carbocycles. The second-order valence-electron chi connectivity index (χ2n) is 2.23. The van der Waals surface area contributed by atoms with Gasteiger partial charge < -0.3 is 16.0 Å². The molecule has 0 saturated carbocycles. The highest BCUT2D eigenvalue weighted by Gasteiger charge is 2.18. The SMILES string of the molecule is CN(/C(=C\C=N)C(=O)CN)C(F)F. The zero-order chi connectivity index (χ0) is 10.4. The van der Waals surface area contributed by atoms with E-state index in [-0.39, 0.29) is 12.2 Å². The third-order valence-electron chi connectivity index (χ3n) is 1.39. The third-order valence-corrected chi connectivity index (χ3v) is 1.39. The second-order valence-corrected chi connectivity index (χ2v) is 2.23. The summed E-state index contributed by atoms with van der Waals surface area (Å²) < 4.78 is 24.2. The molecule has 0 unspecified atom stereocenters. The Balaban J connectivity index is 4.71. The normalized spacial score (nSPS) is 11.6. The van der Waals surface area contributed by atoms with Gasteiger partial charge in [0.1, 0.15) is 0 Å². The zero-order valence-corrected chi connectivity index (χ0v) is 7.13. The van der Waals surface area contributed by atoms with Crippen molar-refractivity contribution in [2.75, 3.05) is 13.6 Å². The average Bonchev–Trinajstić information content (AvgIpc) is 2.11. The molecule has 0 fully saturated rings. The van der Waals surface area contributed by atoms with E-state index in [0.717, 1.165) is 19.3 Å². The molecule has 0 aromatic carbocycles. The fraction of sp³-hybridized carbons (Fsp3) is 0.429. The summed E-state index contributed by atoms with van der Waals surface area (Å²) in [5.41, 5.74) is 4.75. The predicted octanol–water partition coefficient (Wildman–Crippen LogP) is 0.202. The molecule has 4 nitrogen and oxygen atoms in total. The number of rotatable bonds is 5. The lowest BCUT2D eigenvalue weighted by Gasteiger charge is -2.19. The van der Waals surface area contributed by atoms with Gasteiger partial charge in [-0.05, 0) is 6.08 Å². The minimum absolute atomic E-state index is 0.257. The van der Waals surface area contributed by atoms with E-state index in [1.165, 1.54) is 0 Å². The van der Waals surface area contributed by atoms with Crippen molar-refractivity contribution in [1.82, 2.24) is 4.90 Å². The monoisotopic (exact) mass is 191 g/mol. The van der Waals surface area contributed by atoms with Gasteiger partial charge >= 0.3 is 6.55 Å². The predicted molar refractivity (Wildman–Crippen MR) is 44.7 cm³/mol. The smallest absolute Gasteiger partial charge is 0.315 e. The van der Waals surface area contributed by atoms with Crippen LogP contribution in [0, 0.1) is 5.41 Å². The molecule has 0 rings (SSSR count).